The molecule has 78 valence electrons. The van der Waals surface area contributed by atoms with Crippen LogP contribution in [-0.4, -0.2) is 25.0 Å². The third-order valence-corrected chi connectivity index (χ3v) is 2.32. The van der Waals surface area contributed by atoms with Crippen LogP contribution in [0.4, 0.5) is 0 Å². The number of nitrogens with zero attached hydrogens (tertiary/aromatic N) is 4. The Morgan fingerprint density at radius 1 is 1.06 bits per heavy atom. The highest BCUT2D eigenvalue weighted by molar-refractivity contribution is 5.52. The van der Waals surface area contributed by atoms with Crippen molar-refractivity contribution in [2.24, 2.45) is 0 Å². The molecule has 0 saturated heterocycles. The Morgan fingerprint density at radius 3 is 2.69 bits per heavy atom. The van der Waals surface area contributed by atoms with Gasteiger partial charge in [0.2, 0.25) is 0 Å². The summed E-state index contributed by atoms with van der Waals surface area (Å²) in [7, 11) is 0. The van der Waals surface area contributed by atoms with Crippen molar-refractivity contribution >= 4 is 0 Å². The summed E-state index contributed by atoms with van der Waals surface area (Å²) < 4.78 is 1.91. The number of hydrogen-bond donors (Lipinski definition) is 1. The van der Waals surface area contributed by atoms with Gasteiger partial charge in [0.1, 0.15) is 12.0 Å². The molecule has 0 aliphatic heterocycles. The minimum absolute atomic E-state index is 0.753. The van der Waals surface area contributed by atoms with E-state index >= 15 is 0 Å². The molecule has 0 bridgehead atoms. The first kappa shape index (κ1) is 8.84. The smallest absolute Gasteiger partial charge is 0.186 e. The summed E-state index contributed by atoms with van der Waals surface area (Å²) in [5.74, 6) is 0.753. The van der Waals surface area contributed by atoms with E-state index in [1.807, 2.05) is 41.0 Å². The lowest BCUT2D eigenvalue weighted by molar-refractivity contribution is 1.02. The molecule has 1 aromatic carbocycles. The van der Waals surface area contributed by atoms with Gasteiger partial charge in [-0.3, -0.25) is 9.67 Å². The van der Waals surface area contributed by atoms with Gasteiger partial charge in [0.05, 0.1) is 0 Å². The second-order valence-electron chi connectivity index (χ2n) is 3.33. The van der Waals surface area contributed by atoms with E-state index in [1.165, 1.54) is 0 Å². The molecule has 0 fully saturated rings. The van der Waals surface area contributed by atoms with Crippen LogP contribution in [0.2, 0.25) is 0 Å². The number of para-hydroxylation sites is 1. The van der Waals surface area contributed by atoms with E-state index in [0.717, 1.165) is 17.2 Å². The molecule has 5 heteroatoms. The fourth-order valence-corrected chi connectivity index (χ4v) is 1.58. The van der Waals surface area contributed by atoms with Gasteiger partial charge in [0.25, 0.3) is 0 Å². The van der Waals surface area contributed by atoms with Crippen molar-refractivity contribution in [3.8, 4) is 17.2 Å². The molecule has 0 radical (unpaired) electrons. The molecular weight excluding hydrogens is 202 g/mol. The summed E-state index contributed by atoms with van der Waals surface area (Å²) in [6, 6.07) is 11.8. The number of benzene rings is 1. The maximum Gasteiger partial charge on any atom is 0.186 e. The van der Waals surface area contributed by atoms with Crippen LogP contribution in [0.15, 0.2) is 48.9 Å². The van der Waals surface area contributed by atoms with Gasteiger partial charge in [-0.1, -0.05) is 18.2 Å². The monoisotopic (exact) mass is 211 g/mol. The maximum absolute atomic E-state index is 4.08. The van der Waals surface area contributed by atoms with Crippen molar-refractivity contribution < 1.29 is 0 Å². The number of aromatic amines is 1. The topological polar surface area (TPSA) is 59.4 Å². The zero-order valence-electron chi connectivity index (χ0n) is 8.41. The largest absolute Gasteiger partial charge is 0.280 e. The fraction of sp³-hybridized carbons (Fsp3) is 0. The standard InChI is InChI=1S/C11H9N5/c1-2-4-9(5-3-1)16-8-13-15-11(16)10-6-7-12-14-10/h1-8H,(H,12,14). The second-order valence-corrected chi connectivity index (χ2v) is 3.33. The van der Waals surface area contributed by atoms with Gasteiger partial charge in [0, 0.05) is 11.9 Å². The molecular formula is C11H9N5. The Bertz CT molecular complexity index is 567. The lowest BCUT2D eigenvalue weighted by Gasteiger charge is -2.03. The lowest BCUT2D eigenvalue weighted by atomic mass is 10.3. The quantitative estimate of drug-likeness (QED) is 0.701. The van der Waals surface area contributed by atoms with Gasteiger partial charge in [-0.2, -0.15) is 5.10 Å². The van der Waals surface area contributed by atoms with Crippen molar-refractivity contribution in [2.75, 3.05) is 0 Å². The van der Waals surface area contributed by atoms with Crippen molar-refractivity contribution in [3.05, 3.63) is 48.9 Å². The summed E-state index contributed by atoms with van der Waals surface area (Å²) in [5, 5.41) is 14.8. The Morgan fingerprint density at radius 2 is 1.94 bits per heavy atom. The third kappa shape index (κ3) is 1.38. The summed E-state index contributed by atoms with van der Waals surface area (Å²) in [4.78, 5) is 0. The van der Waals surface area contributed by atoms with Crippen LogP contribution in [-0.2, 0) is 0 Å². The second kappa shape index (κ2) is 3.62. The molecule has 16 heavy (non-hydrogen) atoms. The highest BCUT2D eigenvalue weighted by Crippen LogP contribution is 2.17. The molecule has 0 aliphatic rings. The van der Waals surface area contributed by atoms with Crippen LogP contribution in [0.25, 0.3) is 17.2 Å². The van der Waals surface area contributed by atoms with Gasteiger partial charge in [-0.25, -0.2) is 0 Å². The molecule has 0 amide bonds. The average Bonchev–Trinajstić information content (AvgIpc) is 3.01. The molecule has 0 unspecified atom stereocenters. The van der Waals surface area contributed by atoms with Crippen LogP contribution >= 0.6 is 0 Å². The SMILES string of the molecule is c1ccc(-n2cnnc2-c2ccn[nH]2)cc1. The maximum atomic E-state index is 4.08. The first-order chi connectivity index (χ1) is 7.95. The molecule has 5 nitrogen and oxygen atoms in total. The van der Waals surface area contributed by atoms with E-state index < -0.39 is 0 Å². The van der Waals surface area contributed by atoms with E-state index in [9.17, 15) is 0 Å². The Hall–Kier alpha value is -2.43. The Labute approximate surface area is 91.8 Å². The summed E-state index contributed by atoms with van der Waals surface area (Å²) in [6.07, 6.45) is 3.38. The number of hydrogen-bond acceptors (Lipinski definition) is 3. The zero-order chi connectivity index (χ0) is 10.8. The van der Waals surface area contributed by atoms with Crippen LogP contribution < -0.4 is 0 Å². The molecule has 0 atom stereocenters. The number of aromatic nitrogens is 5. The minimum atomic E-state index is 0.753. The summed E-state index contributed by atoms with van der Waals surface area (Å²) in [5.41, 5.74) is 1.87. The number of rotatable bonds is 2. The van der Waals surface area contributed by atoms with Crippen molar-refractivity contribution in [1.29, 1.82) is 0 Å². The van der Waals surface area contributed by atoms with E-state index in [-0.39, 0.29) is 0 Å². The van der Waals surface area contributed by atoms with Crippen molar-refractivity contribution in [3.63, 3.8) is 0 Å². The Kier molecular flexibility index (Phi) is 2.00. The molecule has 0 spiro atoms. The summed E-state index contributed by atoms with van der Waals surface area (Å²) >= 11 is 0. The highest BCUT2D eigenvalue weighted by atomic mass is 15.3. The molecule has 2 heterocycles. The molecule has 0 aliphatic carbocycles. The average molecular weight is 211 g/mol. The first-order valence-corrected chi connectivity index (χ1v) is 4.90. The number of nitrogens with one attached hydrogen (secondary N) is 1. The van der Waals surface area contributed by atoms with E-state index in [0.29, 0.717) is 0 Å². The van der Waals surface area contributed by atoms with Gasteiger partial charge in [-0.05, 0) is 18.2 Å². The van der Waals surface area contributed by atoms with E-state index in [1.54, 1.807) is 12.5 Å². The zero-order valence-corrected chi connectivity index (χ0v) is 8.41. The Balaban J connectivity index is 2.14. The third-order valence-electron chi connectivity index (χ3n) is 2.32. The minimum Gasteiger partial charge on any atom is -0.280 e. The van der Waals surface area contributed by atoms with Crippen LogP contribution in [0.3, 0.4) is 0 Å². The first-order valence-electron chi connectivity index (χ1n) is 4.90. The molecule has 2 aromatic heterocycles. The number of H-pyrrole nitrogens is 1. The molecule has 3 aromatic rings. The van der Waals surface area contributed by atoms with Crippen LogP contribution in [0.1, 0.15) is 0 Å². The normalized spacial score (nSPS) is 10.5. The fourth-order valence-electron chi connectivity index (χ4n) is 1.58. The predicted octanol–water partition coefficient (Wildman–Crippen LogP) is 1.66. The predicted molar refractivity (Wildman–Crippen MR) is 58.9 cm³/mol. The highest BCUT2D eigenvalue weighted by Gasteiger charge is 2.08. The van der Waals surface area contributed by atoms with Crippen molar-refractivity contribution in [2.45, 2.75) is 0 Å². The van der Waals surface area contributed by atoms with Crippen LogP contribution in [0.5, 0.6) is 0 Å². The van der Waals surface area contributed by atoms with Gasteiger partial charge >= 0.3 is 0 Å². The van der Waals surface area contributed by atoms with Gasteiger partial charge in [-0.15, -0.1) is 10.2 Å². The van der Waals surface area contributed by atoms with E-state index in [4.69, 9.17) is 0 Å². The lowest BCUT2D eigenvalue weighted by Crippen LogP contribution is -1.95. The van der Waals surface area contributed by atoms with Crippen molar-refractivity contribution in [1.82, 2.24) is 25.0 Å². The molecule has 3 rings (SSSR count). The molecule has 0 saturated carbocycles. The summed E-state index contributed by atoms with van der Waals surface area (Å²) in [6.45, 7) is 0. The van der Waals surface area contributed by atoms with E-state index in [2.05, 4.69) is 20.4 Å². The molecule has 1 N–H and O–H groups in total. The van der Waals surface area contributed by atoms with Crippen LogP contribution in [0, 0.1) is 0 Å². The van der Waals surface area contributed by atoms with Gasteiger partial charge < -0.3 is 0 Å². The van der Waals surface area contributed by atoms with Gasteiger partial charge in [0.15, 0.2) is 5.82 Å².